The number of hydrogen-bond acceptors (Lipinski definition) is 9. The average molecular weight is 619 g/mol. The number of benzene rings is 2. The molecule has 1 atom stereocenters. The number of fused-ring (bicyclic) bond motifs is 4. The highest BCUT2D eigenvalue weighted by atomic mass is 79.9. The number of rotatable bonds is 6. The molecule has 3 N–H and O–H groups in total. The Balaban J connectivity index is 1.38. The van der Waals surface area contributed by atoms with E-state index in [2.05, 4.69) is 59.9 Å². The molecule has 204 valence electrons. The number of nitrogens with one attached hydrogen (secondary N) is 2. The third kappa shape index (κ3) is 4.78. The molecule has 10 nitrogen and oxygen atoms in total. The molecule has 1 aliphatic rings. The fourth-order valence-electron chi connectivity index (χ4n) is 5.12. The quantitative estimate of drug-likeness (QED) is 0.214. The number of halogens is 1. The summed E-state index contributed by atoms with van der Waals surface area (Å²) in [6.07, 6.45) is 7.73. The van der Waals surface area contributed by atoms with Crippen molar-refractivity contribution < 1.29 is 9.84 Å². The van der Waals surface area contributed by atoms with Gasteiger partial charge in [0.2, 0.25) is 5.95 Å². The van der Waals surface area contributed by atoms with E-state index in [4.69, 9.17) is 9.72 Å². The lowest BCUT2D eigenvalue weighted by Gasteiger charge is -2.19. The molecule has 3 aromatic heterocycles. The summed E-state index contributed by atoms with van der Waals surface area (Å²) in [5, 5.41) is 23.3. The maximum atomic E-state index is 10.9. The molecule has 0 saturated heterocycles. The van der Waals surface area contributed by atoms with Gasteiger partial charge in [-0.25, -0.2) is 4.98 Å². The molecule has 0 spiro atoms. The Morgan fingerprint density at radius 2 is 1.88 bits per heavy atom. The van der Waals surface area contributed by atoms with Crippen LogP contribution in [0.3, 0.4) is 0 Å². The van der Waals surface area contributed by atoms with Gasteiger partial charge in [0.05, 0.1) is 40.6 Å². The van der Waals surface area contributed by atoms with E-state index < -0.39 is 14.0 Å². The van der Waals surface area contributed by atoms with Gasteiger partial charge in [0.1, 0.15) is 11.6 Å². The summed E-state index contributed by atoms with van der Waals surface area (Å²) in [5.74, 6) is 1.59. The van der Waals surface area contributed by atoms with E-state index in [1.54, 1.807) is 25.7 Å². The van der Waals surface area contributed by atoms with Crippen molar-refractivity contribution in [1.82, 2.24) is 29.7 Å². The minimum absolute atomic E-state index is 0.391. The van der Waals surface area contributed by atoms with Crippen LogP contribution in [0, 0.1) is 0 Å². The largest absolute Gasteiger partial charge is 0.495 e. The Hall–Kier alpha value is -3.66. The lowest BCUT2D eigenvalue weighted by atomic mass is 9.97. The zero-order chi connectivity index (χ0) is 28.0. The molecule has 1 unspecified atom stereocenters. The number of aliphatic hydroxyl groups excluding tert-OH is 1. The van der Waals surface area contributed by atoms with Gasteiger partial charge in [-0.2, -0.15) is 10.1 Å². The van der Waals surface area contributed by atoms with E-state index in [1.165, 1.54) is 0 Å². The van der Waals surface area contributed by atoms with Gasteiger partial charge in [-0.3, -0.25) is 14.6 Å². The van der Waals surface area contributed by atoms with E-state index in [9.17, 15) is 5.11 Å². The third-order valence-corrected chi connectivity index (χ3v) is 8.97. The minimum atomic E-state index is -0.603. The maximum absolute atomic E-state index is 10.9. The molecule has 0 fully saturated rings. The normalized spacial score (nSPS) is 14.5. The maximum Gasteiger partial charge on any atom is 0.229 e. The Kier molecular flexibility index (Phi) is 7.12. The first kappa shape index (κ1) is 26.6. The standard InChI is InChI=1S/C28H28BrN8O2P/c1-37-22-7-8-23(38)16-12-24(39-2)21(11-15(16)17(22)13-33-37)35-28-32-14-18(29)27(36-28)34-20-6-5-19-25(26(20)40(3)4)31-10-9-30-19/h5-6,9-14,23,38H,7-8H2,1-4H3,(H2,32,34,35,36). The smallest absolute Gasteiger partial charge is 0.229 e. The SMILES string of the molecule is COc1cc2c(cc1Nc1ncc(Br)c(Nc3ccc4nccnc4c3P(C)C)n1)-c1cnn(C)c1CCC2O. The van der Waals surface area contributed by atoms with Crippen LogP contribution in [0.15, 0.2) is 53.5 Å². The van der Waals surface area contributed by atoms with Crippen molar-refractivity contribution in [3.63, 3.8) is 0 Å². The Bertz CT molecular complexity index is 1740. The minimum Gasteiger partial charge on any atom is -0.495 e. The summed E-state index contributed by atoms with van der Waals surface area (Å²) >= 11 is 3.60. The van der Waals surface area contributed by atoms with E-state index >= 15 is 0 Å². The number of nitrogens with zero attached hydrogens (tertiary/aromatic N) is 6. The van der Waals surface area contributed by atoms with Gasteiger partial charge in [-0.05, 0) is 77.5 Å². The number of aliphatic hydroxyl groups is 1. The first-order chi connectivity index (χ1) is 19.3. The van der Waals surface area contributed by atoms with E-state index in [0.29, 0.717) is 29.6 Å². The van der Waals surface area contributed by atoms with Gasteiger partial charge in [0.15, 0.2) is 0 Å². The number of methoxy groups -OCH3 is 1. The number of aromatic nitrogens is 6. The summed E-state index contributed by atoms with van der Waals surface area (Å²) < 4.78 is 8.30. The molecule has 2 aromatic carbocycles. The van der Waals surface area contributed by atoms with Crippen molar-refractivity contribution in [1.29, 1.82) is 0 Å². The van der Waals surface area contributed by atoms with Gasteiger partial charge in [0, 0.05) is 47.9 Å². The predicted molar refractivity (Wildman–Crippen MR) is 163 cm³/mol. The topological polar surface area (TPSA) is 123 Å². The lowest BCUT2D eigenvalue weighted by molar-refractivity contribution is 0.168. The number of aryl methyl sites for hydroxylation is 1. The summed E-state index contributed by atoms with van der Waals surface area (Å²) in [5.41, 5.74) is 7.17. The number of ether oxygens (including phenoxy) is 1. The van der Waals surface area contributed by atoms with Gasteiger partial charge >= 0.3 is 0 Å². The molecule has 0 bridgehead atoms. The van der Waals surface area contributed by atoms with Crippen LogP contribution in [-0.4, -0.2) is 55.3 Å². The Morgan fingerprint density at radius 1 is 1.05 bits per heavy atom. The second-order valence-electron chi connectivity index (χ2n) is 9.74. The first-order valence-electron chi connectivity index (χ1n) is 12.7. The first-order valence-corrected chi connectivity index (χ1v) is 15.8. The highest BCUT2D eigenvalue weighted by molar-refractivity contribution is 9.10. The number of anilines is 4. The molecule has 1 aliphatic carbocycles. The number of hydrogen-bond donors (Lipinski definition) is 3. The molecule has 0 saturated carbocycles. The molecule has 0 amide bonds. The van der Waals surface area contributed by atoms with Gasteiger partial charge in [0.25, 0.3) is 0 Å². The molecular formula is C28H28BrN8O2P. The summed E-state index contributed by atoms with van der Waals surface area (Å²) in [6, 6.07) is 7.84. The predicted octanol–water partition coefficient (Wildman–Crippen LogP) is 5.43. The highest BCUT2D eigenvalue weighted by Crippen LogP contribution is 2.43. The second-order valence-corrected chi connectivity index (χ2v) is 12.8. The van der Waals surface area contributed by atoms with Crippen molar-refractivity contribution in [2.24, 2.45) is 7.05 Å². The molecule has 40 heavy (non-hydrogen) atoms. The highest BCUT2D eigenvalue weighted by Gasteiger charge is 2.26. The van der Waals surface area contributed by atoms with Crippen LogP contribution >= 0.6 is 23.9 Å². The molecule has 3 heterocycles. The van der Waals surface area contributed by atoms with E-state index in [0.717, 1.165) is 55.3 Å². The van der Waals surface area contributed by atoms with Crippen LogP contribution in [-0.2, 0) is 13.5 Å². The van der Waals surface area contributed by atoms with Crippen molar-refractivity contribution >= 4 is 63.3 Å². The third-order valence-electron chi connectivity index (χ3n) is 7.04. The lowest BCUT2D eigenvalue weighted by Crippen LogP contribution is -2.12. The molecule has 0 radical (unpaired) electrons. The van der Waals surface area contributed by atoms with Crippen molar-refractivity contribution in [2.75, 3.05) is 31.1 Å². The summed E-state index contributed by atoms with van der Waals surface area (Å²) in [4.78, 5) is 18.4. The zero-order valence-electron chi connectivity index (χ0n) is 22.5. The van der Waals surface area contributed by atoms with E-state index in [1.807, 2.05) is 42.2 Å². The Labute approximate surface area is 241 Å². The fraction of sp³-hybridized carbons (Fsp3) is 0.250. The van der Waals surface area contributed by atoms with Crippen molar-refractivity contribution in [2.45, 2.75) is 18.9 Å². The van der Waals surface area contributed by atoms with Crippen LogP contribution in [0.4, 0.5) is 23.1 Å². The molecule has 12 heteroatoms. The van der Waals surface area contributed by atoms with Crippen molar-refractivity contribution in [3.8, 4) is 16.9 Å². The van der Waals surface area contributed by atoms with Gasteiger partial charge < -0.3 is 20.5 Å². The molecule has 5 aromatic rings. The van der Waals surface area contributed by atoms with Gasteiger partial charge in [-0.1, -0.05) is 7.92 Å². The van der Waals surface area contributed by atoms with Crippen LogP contribution in [0.25, 0.3) is 22.2 Å². The average Bonchev–Trinajstić information content (AvgIpc) is 3.26. The Morgan fingerprint density at radius 3 is 2.67 bits per heavy atom. The van der Waals surface area contributed by atoms with Crippen LogP contribution in [0.1, 0.15) is 23.8 Å². The fourth-order valence-corrected chi connectivity index (χ4v) is 6.62. The molecule has 0 aliphatic heterocycles. The van der Waals surface area contributed by atoms with Crippen molar-refractivity contribution in [3.05, 3.63) is 64.8 Å². The van der Waals surface area contributed by atoms with Crippen LogP contribution in [0.2, 0.25) is 0 Å². The van der Waals surface area contributed by atoms with Gasteiger partial charge in [-0.15, -0.1) is 0 Å². The van der Waals surface area contributed by atoms with Crippen LogP contribution in [0.5, 0.6) is 5.75 Å². The zero-order valence-corrected chi connectivity index (χ0v) is 25.0. The van der Waals surface area contributed by atoms with E-state index in [-0.39, 0.29) is 0 Å². The van der Waals surface area contributed by atoms with Crippen LogP contribution < -0.4 is 20.7 Å². The molecular weight excluding hydrogens is 591 g/mol. The summed E-state index contributed by atoms with van der Waals surface area (Å²) in [6.45, 7) is 4.39. The second kappa shape index (κ2) is 10.7. The summed E-state index contributed by atoms with van der Waals surface area (Å²) in [7, 11) is 3.05. The molecule has 6 rings (SSSR count). The monoisotopic (exact) mass is 618 g/mol.